The van der Waals surface area contributed by atoms with Crippen LogP contribution in [0.3, 0.4) is 0 Å². The maximum Gasteiger partial charge on any atom is 0.0850 e. The van der Waals surface area contributed by atoms with Crippen molar-refractivity contribution in [2.75, 3.05) is 13.1 Å². The highest BCUT2D eigenvalue weighted by Crippen LogP contribution is 2.31. The van der Waals surface area contributed by atoms with E-state index >= 15 is 0 Å². The molecule has 20 heavy (non-hydrogen) atoms. The standard InChI is InChI=1S/C15H26ClN3O/c1-5-12-14(16)13(18(4)17-12)10-15(20)6-8-19(9-7-15)11(2)3/h11,20H,5-10H2,1-4H3. The van der Waals surface area contributed by atoms with E-state index in [0.717, 1.165) is 48.8 Å². The van der Waals surface area contributed by atoms with Crippen molar-refractivity contribution in [3.05, 3.63) is 16.4 Å². The molecular weight excluding hydrogens is 274 g/mol. The number of aryl methyl sites for hydroxylation is 2. The first-order valence-electron chi connectivity index (χ1n) is 7.53. The first-order valence-corrected chi connectivity index (χ1v) is 7.91. The Morgan fingerprint density at radius 3 is 2.40 bits per heavy atom. The van der Waals surface area contributed by atoms with E-state index in [2.05, 4.69) is 23.8 Å². The summed E-state index contributed by atoms with van der Waals surface area (Å²) in [5, 5.41) is 16.0. The van der Waals surface area contributed by atoms with Crippen LogP contribution in [0, 0.1) is 0 Å². The van der Waals surface area contributed by atoms with Crippen molar-refractivity contribution in [1.82, 2.24) is 14.7 Å². The van der Waals surface area contributed by atoms with Gasteiger partial charge in [0.05, 0.1) is 22.0 Å². The fourth-order valence-electron chi connectivity index (χ4n) is 2.96. The molecule has 5 heteroatoms. The summed E-state index contributed by atoms with van der Waals surface area (Å²) >= 11 is 6.39. The summed E-state index contributed by atoms with van der Waals surface area (Å²) in [5.41, 5.74) is 1.24. The van der Waals surface area contributed by atoms with Crippen LogP contribution >= 0.6 is 11.6 Å². The minimum absolute atomic E-state index is 0.548. The number of piperidine rings is 1. The largest absolute Gasteiger partial charge is 0.389 e. The van der Waals surface area contributed by atoms with Crippen molar-refractivity contribution in [3.8, 4) is 0 Å². The zero-order valence-corrected chi connectivity index (χ0v) is 13.7. The highest BCUT2D eigenvalue weighted by Gasteiger charge is 2.35. The van der Waals surface area contributed by atoms with Crippen molar-refractivity contribution < 1.29 is 5.11 Å². The molecule has 114 valence electrons. The van der Waals surface area contributed by atoms with Gasteiger partial charge in [-0.1, -0.05) is 18.5 Å². The molecule has 0 saturated carbocycles. The van der Waals surface area contributed by atoms with E-state index in [9.17, 15) is 5.11 Å². The molecule has 1 N–H and O–H groups in total. The number of rotatable bonds is 4. The molecule has 0 unspecified atom stereocenters. The molecule has 0 bridgehead atoms. The number of hydrogen-bond acceptors (Lipinski definition) is 3. The molecule has 2 rings (SSSR count). The van der Waals surface area contributed by atoms with Crippen LogP contribution in [0.15, 0.2) is 0 Å². The molecule has 1 aliphatic heterocycles. The third-order valence-electron chi connectivity index (χ3n) is 4.46. The van der Waals surface area contributed by atoms with Gasteiger partial charge >= 0.3 is 0 Å². The minimum atomic E-state index is -0.645. The predicted octanol–water partition coefficient (Wildman–Crippen LogP) is 2.41. The molecule has 0 amide bonds. The van der Waals surface area contributed by atoms with E-state index in [1.54, 1.807) is 0 Å². The van der Waals surface area contributed by atoms with Crippen LogP contribution < -0.4 is 0 Å². The van der Waals surface area contributed by atoms with Crippen LogP contribution in [-0.4, -0.2) is 44.5 Å². The SMILES string of the molecule is CCc1nn(C)c(CC2(O)CCN(C(C)C)CC2)c1Cl. The highest BCUT2D eigenvalue weighted by atomic mass is 35.5. The molecule has 4 nitrogen and oxygen atoms in total. The van der Waals surface area contributed by atoms with Gasteiger partial charge in [0.15, 0.2) is 0 Å². The third-order valence-corrected chi connectivity index (χ3v) is 4.89. The Labute approximate surface area is 126 Å². The normalized spacial score (nSPS) is 19.8. The van der Waals surface area contributed by atoms with Crippen molar-refractivity contribution in [1.29, 1.82) is 0 Å². The summed E-state index contributed by atoms with van der Waals surface area (Å²) in [4.78, 5) is 2.41. The molecule has 2 heterocycles. The number of halogens is 1. The van der Waals surface area contributed by atoms with Gasteiger partial charge in [0, 0.05) is 32.6 Å². The van der Waals surface area contributed by atoms with Gasteiger partial charge in [-0.25, -0.2) is 0 Å². The summed E-state index contributed by atoms with van der Waals surface area (Å²) in [6.45, 7) is 8.36. The monoisotopic (exact) mass is 299 g/mol. The molecule has 1 aliphatic rings. The van der Waals surface area contributed by atoms with Gasteiger partial charge in [0.1, 0.15) is 0 Å². The molecule has 0 radical (unpaired) electrons. The number of likely N-dealkylation sites (tertiary alicyclic amines) is 1. The number of aliphatic hydroxyl groups is 1. The van der Waals surface area contributed by atoms with Crippen LogP contribution in [-0.2, 0) is 19.9 Å². The Balaban J connectivity index is 2.09. The predicted molar refractivity (Wildman–Crippen MR) is 82.2 cm³/mol. The second-order valence-corrected chi connectivity index (χ2v) is 6.59. The van der Waals surface area contributed by atoms with Gasteiger partial charge in [0.25, 0.3) is 0 Å². The first kappa shape index (κ1) is 15.8. The lowest BCUT2D eigenvalue weighted by atomic mass is 9.86. The van der Waals surface area contributed by atoms with E-state index in [1.807, 2.05) is 18.7 Å². The van der Waals surface area contributed by atoms with Crippen LogP contribution in [0.1, 0.15) is 45.0 Å². The van der Waals surface area contributed by atoms with Crippen LogP contribution in [0.25, 0.3) is 0 Å². The van der Waals surface area contributed by atoms with E-state index < -0.39 is 5.60 Å². The van der Waals surface area contributed by atoms with Gasteiger partial charge < -0.3 is 10.0 Å². The zero-order chi connectivity index (χ0) is 14.9. The molecular formula is C15H26ClN3O. The summed E-state index contributed by atoms with van der Waals surface area (Å²) in [6, 6.07) is 0.548. The second-order valence-electron chi connectivity index (χ2n) is 6.22. The summed E-state index contributed by atoms with van der Waals surface area (Å²) in [7, 11) is 1.91. The Morgan fingerprint density at radius 2 is 1.95 bits per heavy atom. The van der Waals surface area contributed by atoms with E-state index in [-0.39, 0.29) is 0 Å². The molecule has 0 spiro atoms. The fourth-order valence-corrected chi connectivity index (χ4v) is 3.32. The molecule has 0 aliphatic carbocycles. The number of hydrogen-bond donors (Lipinski definition) is 1. The average Bonchev–Trinajstić information content (AvgIpc) is 2.66. The van der Waals surface area contributed by atoms with Crippen LogP contribution in [0.4, 0.5) is 0 Å². The molecule has 0 aromatic carbocycles. The minimum Gasteiger partial charge on any atom is -0.389 e. The summed E-state index contributed by atoms with van der Waals surface area (Å²) < 4.78 is 1.83. The van der Waals surface area contributed by atoms with Crippen LogP contribution in [0.2, 0.25) is 5.02 Å². The molecule has 0 atom stereocenters. The molecule has 1 aromatic rings. The quantitative estimate of drug-likeness (QED) is 0.928. The van der Waals surface area contributed by atoms with E-state index in [0.29, 0.717) is 12.5 Å². The maximum absolute atomic E-state index is 10.8. The average molecular weight is 300 g/mol. The van der Waals surface area contributed by atoms with Crippen molar-refractivity contribution in [2.24, 2.45) is 7.05 Å². The Kier molecular flexibility index (Phi) is 4.77. The third kappa shape index (κ3) is 3.18. The summed E-state index contributed by atoms with van der Waals surface area (Å²) in [5.74, 6) is 0. The summed E-state index contributed by atoms with van der Waals surface area (Å²) in [6.07, 6.45) is 3.02. The lowest BCUT2D eigenvalue weighted by Crippen LogP contribution is -2.48. The number of aromatic nitrogens is 2. The topological polar surface area (TPSA) is 41.3 Å². The van der Waals surface area contributed by atoms with Crippen molar-refractivity contribution >= 4 is 11.6 Å². The smallest absolute Gasteiger partial charge is 0.0850 e. The second kappa shape index (κ2) is 6.04. The maximum atomic E-state index is 10.8. The zero-order valence-electron chi connectivity index (χ0n) is 13.0. The van der Waals surface area contributed by atoms with Gasteiger partial charge in [-0.15, -0.1) is 0 Å². The van der Waals surface area contributed by atoms with Crippen molar-refractivity contribution in [2.45, 2.75) is 58.1 Å². The first-order chi connectivity index (χ1) is 9.36. The molecule has 1 aromatic heterocycles. The highest BCUT2D eigenvalue weighted by molar-refractivity contribution is 6.31. The van der Waals surface area contributed by atoms with E-state index in [4.69, 9.17) is 11.6 Å². The van der Waals surface area contributed by atoms with Gasteiger partial charge in [0.2, 0.25) is 0 Å². The van der Waals surface area contributed by atoms with Gasteiger partial charge in [-0.2, -0.15) is 5.10 Å². The Morgan fingerprint density at radius 1 is 1.35 bits per heavy atom. The molecule has 1 saturated heterocycles. The lowest BCUT2D eigenvalue weighted by molar-refractivity contribution is -0.0283. The van der Waals surface area contributed by atoms with Crippen LogP contribution in [0.5, 0.6) is 0 Å². The fraction of sp³-hybridized carbons (Fsp3) is 0.800. The van der Waals surface area contributed by atoms with Gasteiger partial charge in [-0.3, -0.25) is 4.68 Å². The van der Waals surface area contributed by atoms with Crippen molar-refractivity contribution in [3.63, 3.8) is 0 Å². The van der Waals surface area contributed by atoms with Gasteiger partial charge in [-0.05, 0) is 33.1 Å². The van der Waals surface area contributed by atoms with E-state index in [1.165, 1.54) is 0 Å². The Hall–Kier alpha value is -0.580. The number of nitrogens with zero attached hydrogens (tertiary/aromatic N) is 3. The lowest BCUT2D eigenvalue weighted by Gasteiger charge is -2.40. The Bertz CT molecular complexity index is 462. The molecule has 1 fully saturated rings.